The molecule has 0 aliphatic rings. The smallest absolute Gasteiger partial charge is 0.239 e. The first-order valence-electron chi connectivity index (χ1n) is 7.77. The summed E-state index contributed by atoms with van der Waals surface area (Å²) in [6.45, 7) is 6.34. The fourth-order valence-electron chi connectivity index (χ4n) is 1.75. The van der Waals surface area contributed by atoms with Gasteiger partial charge in [-0.15, -0.1) is 0 Å². The highest BCUT2D eigenvalue weighted by Gasteiger charge is 2.07. The molecule has 5 nitrogen and oxygen atoms in total. The van der Waals surface area contributed by atoms with Crippen LogP contribution in [0.5, 0.6) is 0 Å². The molecule has 2 amide bonds. The van der Waals surface area contributed by atoms with Crippen LogP contribution < -0.4 is 16.4 Å². The minimum Gasteiger partial charge on any atom is -0.352 e. The molecule has 0 radical (unpaired) electrons. The van der Waals surface area contributed by atoms with E-state index in [-0.39, 0.29) is 24.4 Å². The van der Waals surface area contributed by atoms with Crippen molar-refractivity contribution in [1.29, 1.82) is 0 Å². The molecule has 1 aromatic rings. The van der Waals surface area contributed by atoms with Gasteiger partial charge in [-0.1, -0.05) is 43.7 Å². The Labute approximate surface area is 133 Å². The van der Waals surface area contributed by atoms with Gasteiger partial charge < -0.3 is 16.4 Å². The van der Waals surface area contributed by atoms with Crippen molar-refractivity contribution in [3.8, 4) is 0 Å². The number of benzene rings is 1. The van der Waals surface area contributed by atoms with Crippen LogP contribution in [0.15, 0.2) is 30.3 Å². The van der Waals surface area contributed by atoms with Gasteiger partial charge in [0.15, 0.2) is 0 Å². The second kappa shape index (κ2) is 12.8. The van der Waals surface area contributed by atoms with Crippen LogP contribution in [0, 0.1) is 0 Å². The highest BCUT2D eigenvalue weighted by molar-refractivity contribution is 5.83. The molecule has 5 heteroatoms. The minimum atomic E-state index is -0.198. The zero-order chi connectivity index (χ0) is 16.8. The van der Waals surface area contributed by atoms with Crippen molar-refractivity contribution >= 4 is 11.8 Å². The van der Waals surface area contributed by atoms with Gasteiger partial charge in [-0.25, -0.2) is 0 Å². The van der Waals surface area contributed by atoms with Gasteiger partial charge in [0.1, 0.15) is 0 Å². The number of unbranched alkanes of at least 4 members (excludes halogenated alkanes) is 1. The quantitative estimate of drug-likeness (QED) is 0.715. The van der Waals surface area contributed by atoms with Gasteiger partial charge >= 0.3 is 0 Å². The molecule has 1 atom stereocenters. The lowest BCUT2D eigenvalue weighted by molar-refractivity contribution is -0.125. The Hall–Kier alpha value is -1.88. The lowest BCUT2D eigenvalue weighted by Gasteiger charge is -2.14. The molecule has 0 spiro atoms. The van der Waals surface area contributed by atoms with E-state index in [0.29, 0.717) is 0 Å². The maximum absolute atomic E-state index is 11.4. The largest absolute Gasteiger partial charge is 0.352 e. The van der Waals surface area contributed by atoms with Gasteiger partial charge in [0.2, 0.25) is 11.8 Å². The number of hydrogen-bond donors (Lipinski definition) is 3. The van der Waals surface area contributed by atoms with Crippen LogP contribution in [-0.2, 0) is 16.0 Å². The monoisotopic (exact) mass is 307 g/mol. The summed E-state index contributed by atoms with van der Waals surface area (Å²) in [6, 6.07) is 10.0. The third-order valence-electron chi connectivity index (χ3n) is 2.85. The predicted molar refractivity (Wildman–Crippen MR) is 90.4 cm³/mol. The van der Waals surface area contributed by atoms with Crippen LogP contribution >= 0.6 is 0 Å². The van der Waals surface area contributed by atoms with Crippen LogP contribution in [-0.4, -0.2) is 30.9 Å². The summed E-state index contributed by atoms with van der Waals surface area (Å²) in [5, 5.41) is 5.29. The van der Waals surface area contributed by atoms with Gasteiger partial charge in [-0.3, -0.25) is 9.59 Å². The van der Waals surface area contributed by atoms with Crippen molar-refractivity contribution in [1.82, 2.24) is 10.6 Å². The summed E-state index contributed by atoms with van der Waals surface area (Å²) in [7, 11) is 0. The maximum Gasteiger partial charge on any atom is 0.239 e. The molecule has 0 heterocycles. The Morgan fingerprint density at radius 2 is 1.86 bits per heavy atom. The third-order valence-corrected chi connectivity index (χ3v) is 2.85. The summed E-state index contributed by atoms with van der Waals surface area (Å²) in [4.78, 5) is 22.1. The lowest BCUT2D eigenvalue weighted by Crippen LogP contribution is -2.41. The number of carbonyl (C=O) groups is 2. The first-order chi connectivity index (χ1) is 10.5. The summed E-state index contributed by atoms with van der Waals surface area (Å²) in [5.41, 5.74) is 6.32. The molecule has 0 fully saturated rings. The Kier molecular flexibility index (Phi) is 11.7. The van der Waals surface area contributed by atoms with Crippen molar-refractivity contribution in [2.75, 3.05) is 13.1 Å². The van der Waals surface area contributed by atoms with E-state index in [2.05, 4.69) is 17.6 Å². The van der Waals surface area contributed by atoms with E-state index in [1.54, 1.807) is 0 Å². The highest BCUT2D eigenvalue weighted by Crippen LogP contribution is 2.02. The zero-order valence-electron chi connectivity index (χ0n) is 13.9. The fourth-order valence-corrected chi connectivity index (χ4v) is 1.75. The third kappa shape index (κ3) is 11.9. The molecule has 0 aliphatic heterocycles. The van der Waals surface area contributed by atoms with Gasteiger partial charge in [0, 0.05) is 13.0 Å². The summed E-state index contributed by atoms with van der Waals surface area (Å²) in [6.07, 6.45) is 3.17. The van der Waals surface area contributed by atoms with E-state index in [4.69, 9.17) is 5.73 Å². The first-order valence-corrected chi connectivity index (χ1v) is 7.77. The van der Waals surface area contributed by atoms with Crippen molar-refractivity contribution < 1.29 is 9.59 Å². The predicted octanol–water partition coefficient (Wildman–Crippen LogP) is 1.62. The normalized spacial score (nSPS) is 10.9. The molecule has 1 aromatic carbocycles. The van der Waals surface area contributed by atoms with Crippen molar-refractivity contribution in [3.63, 3.8) is 0 Å². The van der Waals surface area contributed by atoms with Crippen molar-refractivity contribution in [3.05, 3.63) is 35.9 Å². The van der Waals surface area contributed by atoms with Gasteiger partial charge in [0.25, 0.3) is 0 Å². The summed E-state index contributed by atoms with van der Waals surface area (Å²) in [5.74, 6) is -0.362. The fraction of sp³-hybridized carbons (Fsp3) is 0.529. The van der Waals surface area contributed by atoms with Crippen LogP contribution in [0.2, 0.25) is 0 Å². The molecule has 0 saturated carbocycles. The van der Waals surface area contributed by atoms with Crippen LogP contribution in [0.4, 0.5) is 0 Å². The summed E-state index contributed by atoms with van der Waals surface area (Å²) < 4.78 is 0. The number of hydrogen-bond acceptors (Lipinski definition) is 3. The molecule has 0 bridgehead atoms. The maximum atomic E-state index is 11.4. The molecular formula is C17H29N3O2. The molecule has 124 valence electrons. The van der Waals surface area contributed by atoms with E-state index in [1.165, 1.54) is 25.3 Å². The average Bonchev–Trinajstić information content (AvgIpc) is 2.47. The van der Waals surface area contributed by atoms with Crippen molar-refractivity contribution in [2.45, 2.75) is 46.1 Å². The van der Waals surface area contributed by atoms with Gasteiger partial charge in [-0.05, 0) is 31.9 Å². The van der Waals surface area contributed by atoms with Crippen LogP contribution in [0.25, 0.3) is 0 Å². The topological polar surface area (TPSA) is 84.2 Å². The second-order valence-electron chi connectivity index (χ2n) is 5.21. The molecular weight excluding hydrogens is 278 g/mol. The molecule has 0 aliphatic carbocycles. The summed E-state index contributed by atoms with van der Waals surface area (Å²) >= 11 is 0. The van der Waals surface area contributed by atoms with E-state index in [1.807, 2.05) is 37.3 Å². The first kappa shape index (κ1) is 20.1. The number of nitrogens with two attached hydrogens (primary N) is 1. The number of amides is 2. The Morgan fingerprint density at radius 3 is 2.32 bits per heavy atom. The Morgan fingerprint density at radius 1 is 1.23 bits per heavy atom. The standard InChI is InChI=1S/C13H18N2O2.C4H11N/c1-10(8-12-6-4-3-5-7-12)15-13(17)9-14-11(2)16;1-2-3-4-5/h3-7,10H,8-9H2,1-2H3,(H,14,16)(H,15,17);2-5H2,1H3/t10-;/m0./s1. The molecule has 22 heavy (non-hydrogen) atoms. The minimum absolute atomic E-state index is 0.0362. The number of carbonyl (C=O) groups excluding carboxylic acids is 2. The molecule has 4 N–H and O–H groups in total. The number of rotatable bonds is 7. The zero-order valence-corrected chi connectivity index (χ0v) is 13.9. The Bertz CT molecular complexity index is 419. The lowest BCUT2D eigenvalue weighted by atomic mass is 10.1. The van der Waals surface area contributed by atoms with E-state index in [9.17, 15) is 9.59 Å². The highest BCUT2D eigenvalue weighted by atomic mass is 16.2. The average molecular weight is 307 g/mol. The van der Waals surface area contributed by atoms with E-state index < -0.39 is 0 Å². The van der Waals surface area contributed by atoms with Crippen LogP contribution in [0.1, 0.15) is 39.2 Å². The molecule has 0 unspecified atom stereocenters. The van der Waals surface area contributed by atoms with Gasteiger partial charge in [-0.2, -0.15) is 0 Å². The molecule has 0 aromatic heterocycles. The van der Waals surface area contributed by atoms with Crippen molar-refractivity contribution in [2.24, 2.45) is 5.73 Å². The second-order valence-corrected chi connectivity index (χ2v) is 5.21. The molecule has 1 rings (SSSR count). The van der Waals surface area contributed by atoms with Crippen LogP contribution in [0.3, 0.4) is 0 Å². The van der Waals surface area contributed by atoms with Gasteiger partial charge in [0.05, 0.1) is 6.54 Å². The van der Waals surface area contributed by atoms with E-state index >= 15 is 0 Å². The Balaban J connectivity index is 0.000000763. The SMILES string of the molecule is CC(=O)NCC(=O)N[C@@H](C)Cc1ccccc1.CCCCN. The molecule has 0 saturated heterocycles. The van der Waals surface area contributed by atoms with E-state index in [0.717, 1.165) is 13.0 Å². The number of nitrogens with one attached hydrogen (secondary N) is 2.